The van der Waals surface area contributed by atoms with Gasteiger partial charge in [0.2, 0.25) is 6.17 Å². The predicted molar refractivity (Wildman–Crippen MR) is 229 cm³/mol. The van der Waals surface area contributed by atoms with Crippen molar-refractivity contribution in [2.75, 3.05) is 17.2 Å². The van der Waals surface area contributed by atoms with Crippen LogP contribution in [0.25, 0.3) is 0 Å². The summed E-state index contributed by atoms with van der Waals surface area (Å²) in [6.45, 7) is 7.31. The maximum absolute atomic E-state index is 13.4. The van der Waals surface area contributed by atoms with Gasteiger partial charge in [-0.3, -0.25) is 9.59 Å². The molecule has 0 spiro atoms. The van der Waals surface area contributed by atoms with E-state index in [4.69, 9.17) is 31.3 Å². The van der Waals surface area contributed by atoms with E-state index in [0.29, 0.717) is 45.5 Å². The quantitative estimate of drug-likeness (QED) is 0.0692. The van der Waals surface area contributed by atoms with Crippen LogP contribution in [0, 0.1) is 0 Å². The molecule has 0 aliphatic heterocycles. The van der Waals surface area contributed by atoms with Crippen molar-refractivity contribution in [3.8, 4) is 11.5 Å². The minimum Gasteiger partial charge on any atom is -0.487 e. The first kappa shape index (κ1) is 48.8. The van der Waals surface area contributed by atoms with Gasteiger partial charge >= 0.3 is 18.1 Å². The molecule has 4 aromatic carbocycles. The van der Waals surface area contributed by atoms with Gasteiger partial charge in [-0.15, -0.1) is 0 Å². The molecular weight excluding hydrogens is 1050 g/mol. The fraction of sp³-hybridized carbons (Fsp3) is 0.308. The fourth-order valence-corrected chi connectivity index (χ4v) is 8.25. The summed E-state index contributed by atoms with van der Waals surface area (Å²) in [5.41, 5.74) is 2.36. The highest BCUT2D eigenvalue weighted by Gasteiger charge is 2.31. The molecule has 4 aromatic rings. The molecule has 10 nitrogen and oxygen atoms in total. The molecule has 1 unspecified atom stereocenters. The Labute approximate surface area is 370 Å². The summed E-state index contributed by atoms with van der Waals surface area (Å²) < 4.78 is 66.7. The number of hydrogen-bond acceptors (Lipinski definition) is 7. The number of carbonyl (C=O) groups excluding carboxylic acids is 1. The SMILES string of the molecule is CC(C)Nc1cc(COc2c(Br)cc(C(=O)NCC(=O)O)cc2Br)cc(C(F)(F)F)c1.CC(C)Nc1cc(Cl)cc(COc2c(Br)cc(CC(F)C(=O)O)cc2Br)c1. The van der Waals surface area contributed by atoms with Crippen molar-refractivity contribution in [3.05, 3.63) is 111 Å². The molecule has 314 valence electrons. The lowest BCUT2D eigenvalue weighted by molar-refractivity contribution is -0.142. The number of rotatable bonds is 16. The number of ether oxygens (including phenoxy) is 2. The second-order valence-electron chi connectivity index (χ2n) is 13.2. The molecule has 0 saturated heterocycles. The Hall–Kier alpha value is -3.58. The summed E-state index contributed by atoms with van der Waals surface area (Å²) in [5, 5.41) is 26.5. The highest BCUT2D eigenvalue weighted by atomic mass is 79.9. The van der Waals surface area contributed by atoms with Crippen molar-refractivity contribution >= 4 is 105 Å². The van der Waals surface area contributed by atoms with Gasteiger partial charge in [0, 0.05) is 40.5 Å². The Bertz CT molecular complexity index is 2060. The minimum absolute atomic E-state index is 0.0552. The number of carboxylic acids is 2. The van der Waals surface area contributed by atoms with Crippen LogP contribution in [-0.4, -0.2) is 52.9 Å². The van der Waals surface area contributed by atoms with Crippen molar-refractivity contribution in [2.24, 2.45) is 0 Å². The summed E-state index contributed by atoms with van der Waals surface area (Å²) in [4.78, 5) is 33.3. The highest BCUT2D eigenvalue weighted by molar-refractivity contribution is 9.11. The van der Waals surface area contributed by atoms with Gasteiger partial charge < -0.3 is 35.6 Å². The summed E-state index contributed by atoms with van der Waals surface area (Å²) in [7, 11) is 0. The van der Waals surface area contributed by atoms with Gasteiger partial charge in [0.25, 0.3) is 5.91 Å². The molecule has 58 heavy (non-hydrogen) atoms. The van der Waals surface area contributed by atoms with E-state index in [2.05, 4.69) is 79.7 Å². The van der Waals surface area contributed by atoms with Crippen LogP contribution in [0.1, 0.15) is 60.3 Å². The number of amides is 1. The van der Waals surface area contributed by atoms with Crippen LogP contribution >= 0.6 is 75.3 Å². The Balaban J connectivity index is 0.000000313. The summed E-state index contributed by atoms with van der Waals surface area (Å²) in [6.07, 6.45) is -6.67. The van der Waals surface area contributed by atoms with Crippen LogP contribution in [0.4, 0.5) is 28.9 Å². The molecule has 1 amide bonds. The lowest BCUT2D eigenvalue weighted by atomic mass is 10.1. The number of aliphatic carboxylic acids is 2. The van der Waals surface area contributed by atoms with Crippen LogP contribution in [0.15, 0.2) is 78.6 Å². The highest BCUT2D eigenvalue weighted by Crippen LogP contribution is 2.38. The Morgan fingerprint density at radius 2 is 1.17 bits per heavy atom. The standard InChI is InChI=1S/C20H19Br2F3N2O4.C19H19Br2ClFNO3/c1-10(2)27-14-4-11(3-13(7-14)20(23,24)25)9-31-18-15(21)5-12(6-16(18)22)19(30)26-8-17(28)29;1-10(2)24-14-4-12(3-13(22)8-14)9-27-18-15(20)5-11(6-16(18)21)7-17(23)19(25)26/h3-7,10,27H,8-9H2,1-2H3,(H,26,30)(H,28,29);3-6,8,10,17,24H,7,9H2,1-2H3,(H,25,26). The number of hydrogen-bond donors (Lipinski definition) is 5. The molecule has 0 saturated carbocycles. The number of alkyl halides is 4. The van der Waals surface area contributed by atoms with Crippen molar-refractivity contribution < 1.29 is 51.6 Å². The molecule has 0 radical (unpaired) electrons. The van der Waals surface area contributed by atoms with Gasteiger partial charge in [0.05, 0.1) is 23.5 Å². The van der Waals surface area contributed by atoms with Gasteiger partial charge in [-0.1, -0.05) is 11.6 Å². The van der Waals surface area contributed by atoms with Crippen molar-refractivity contribution in [1.29, 1.82) is 0 Å². The second kappa shape index (κ2) is 22.1. The summed E-state index contributed by atoms with van der Waals surface area (Å²) in [6, 6.07) is 15.6. The Morgan fingerprint density at radius 1 is 0.707 bits per heavy atom. The molecule has 5 N–H and O–H groups in total. The zero-order chi connectivity index (χ0) is 43.5. The third-order valence-corrected chi connectivity index (χ3v) is 9.93. The van der Waals surface area contributed by atoms with E-state index in [9.17, 15) is 31.9 Å². The van der Waals surface area contributed by atoms with Crippen LogP contribution in [0.3, 0.4) is 0 Å². The van der Waals surface area contributed by atoms with Gasteiger partial charge in [0.15, 0.2) is 0 Å². The molecule has 19 heteroatoms. The second-order valence-corrected chi connectivity index (χ2v) is 17.0. The molecular formula is C39H38Br4ClF4N3O7. The smallest absolute Gasteiger partial charge is 0.416 e. The maximum atomic E-state index is 13.4. The first-order valence-corrected chi connectivity index (χ1v) is 20.7. The van der Waals surface area contributed by atoms with E-state index >= 15 is 0 Å². The Morgan fingerprint density at radius 3 is 1.62 bits per heavy atom. The third kappa shape index (κ3) is 15.9. The van der Waals surface area contributed by atoms with Crippen LogP contribution in [0.5, 0.6) is 11.5 Å². The van der Waals surface area contributed by atoms with E-state index in [1.807, 2.05) is 45.9 Å². The number of benzene rings is 4. The normalized spacial score (nSPS) is 11.7. The van der Waals surface area contributed by atoms with E-state index in [1.165, 1.54) is 12.1 Å². The number of carboxylic acid groups (broad SMARTS) is 2. The lowest BCUT2D eigenvalue weighted by Crippen LogP contribution is -2.29. The topological polar surface area (TPSA) is 146 Å². The molecule has 0 heterocycles. The molecule has 0 bridgehead atoms. The van der Waals surface area contributed by atoms with Gasteiger partial charge in [-0.25, -0.2) is 9.18 Å². The van der Waals surface area contributed by atoms with E-state index in [1.54, 1.807) is 18.2 Å². The molecule has 0 aliphatic carbocycles. The molecule has 0 aromatic heterocycles. The van der Waals surface area contributed by atoms with Crippen molar-refractivity contribution in [3.63, 3.8) is 0 Å². The van der Waals surface area contributed by atoms with E-state index in [0.717, 1.165) is 23.4 Å². The Kier molecular flexibility index (Phi) is 18.6. The molecule has 0 aliphatic rings. The average Bonchev–Trinajstić information content (AvgIpc) is 3.08. The van der Waals surface area contributed by atoms with Crippen molar-refractivity contribution in [2.45, 2.75) is 71.8 Å². The summed E-state index contributed by atoms with van der Waals surface area (Å²) >= 11 is 19.5. The van der Waals surface area contributed by atoms with Gasteiger partial charge in [-0.2, -0.15) is 13.2 Å². The lowest BCUT2D eigenvalue weighted by Gasteiger charge is -2.17. The van der Waals surface area contributed by atoms with Crippen LogP contribution in [0.2, 0.25) is 5.02 Å². The zero-order valence-corrected chi connectivity index (χ0v) is 38.3. The number of anilines is 2. The number of halogens is 9. The van der Waals surface area contributed by atoms with Crippen molar-refractivity contribution in [1.82, 2.24) is 5.32 Å². The molecule has 4 rings (SSSR count). The zero-order valence-electron chi connectivity index (χ0n) is 31.2. The largest absolute Gasteiger partial charge is 0.487 e. The molecule has 1 atom stereocenters. The van der Waals surface area contributed by atoms with Crippen LogP contribution < -0.4 is 25.4 Å². The average molecular weight is 1090 g/mol. The minimum atomic E-state index is -4.50. The monoisotopic (exact) mass is 1090 g/mol. The van der Waals surface area contributed by atoms with Gasteiger partial charge in [0.1, 0.15) is 31.3 Å². The predicted octanol–water partition coefficient (Wildman–Crippen LogP) is 11.7. The van der Waals surface area contributed by atoms with Gasteiger partial charge in [-0.05, 0) is 169 Å². The summed E-state index contributed by atoms with van der Waals surface area (Å²) in [5.74, 6) is -2.43. The maximum Gasteiger partial charge on any atom is 0.416 e. The third-order valence-electron chi connectivity index (χ3n) is 7.36. The van der Waals surface area contributed by atoms with E-state index in [-0.39, 0.29) is 43.0 Å². The molecule has 0 fully saturated rings. The van der Waals surface area contributed by atoms with E-state index < -0.39 is 42.3 Å². The number of nitrogens with one attached hydrogen (secondary N) is 3. The first-order valence-electron chi connectivity index (χ1n) is 17.2. The number of carbonyl (C=O) groups is 3. The first-order chi connectivity index (χ1) is 27.0. The van der Waals surface area contributed by atoms with Crippen LogP contribution in [-0.2, 0) is 35.4 Å². The fourth-order valence-electron chi connectivity index (χ4n) is 5.07.